The smallest absolute Gasteiger partial charge is 0.337 e. The minimum absolute atomic E-state index is 0.0212. The van der Waals surface area contributed by atoms with Crippen LogP contribution in [0.5, 0.6) is 0 Å². The van der Waals surface area contributed by atoms with Crippen molar-refractivity contribution in [3.63, 3.8) is 0 Å². The number of anilines is 2. The number of hydrogen-bond acceptors (Lipinski definition) is 4. The number of piperidine rings is 1. The van der Waals surface area contributed by atoms with E-state index < -0.39 is 5.97 Å². The van der Waals surface area contributed by atoms with E-state index in [4.69, 9.17) is 5.73 Å². The molecule has 2 rings (SSSR count). The summed E-state index contributed by atoms with van der Waals surface area (Å²) in [6.45, 7) is 0.757. The molecule has 1 aliphatic rings. The molecule has 1 atom stereocenters. The van der Waals surface area contributed by atoms with Crippen molar-refractivity contribution in [1.29, 1.82) is 0 Å². The molecule has 0 bridgehead atoms. The van der Waals surface area contributed by atoms with Gasteiger partial charge in [-0.15, -0.1) is 0 Å². The van der Waals surface area contributed by atoms with Crippen LogP contribution in [0.1, 0.15) is 29.6 Å². The first-order valence-corrected chi connectivity index (χ1v) is 6.14. The van der Waals surface area contributed by atoms with Gasteiger partial charge in [-0.1, -0.05) is 6.07 Å². The molecule has 1 unspecified atom stereocenters. The predicted octanol–water partition coefficient (Wildman–Crippen LogP) is 1.32. The van der Waals surface area contributed by atoms with E-state index in [1.54, 1.807) is 18.2 Å². The van der Waals surface area contributed by atoms with E-state index >= 15 is 0 Å². The Labute approximate surface area is 106 Å². The minimum Gasteiger partial charge on any atom is -0.478 e. The molecule has 1 aliphatic heterocycles. The summed E-state index contributed by atoms with van der Waals surface area (Å²) in [7, 11) is 0. The van der Waals surface area contributed by atoms with Gasteiger partial charge in [-0.05, 0) is 31.4 Å². The topological polar surface area (TPSA) is 86.8 Å². The lowest BCUT2D eigenvalue weighted by Crippen LogP contribution is -2.43. The molecule has 0 saturated carbocycles. The summed E-state index contributed by atoms with van der Waals surface area (Å²) in [6, 6.07) is 4.85. The number of rotatable bonds is 3. The minimum atomic E-state index is -0.987. The molecule has 5 nitrogen and oxygen atoms in total. The van der Waals surface area contributed by atoms with Crippen LogP contribution >= 0.6 is 0 Å². The van der Waals surface area contributed by atoms with Crippen LogP contribution in [0, 0.1) is 0 Å². The van der Waals surface area contributed by atoms with Gasteiger partial charge >= 0.3 is 5.97 Å². The van der Waals surface area contributed by atoms with Crippen molar-refractivity contribution in [2.45, 2.75) is 25.3 Å². The Hall–Kier alpha value is -1.75. The predicted molar refractivity (Wildman–Crippen MR) is 69.9 cm³/mol. The molecule has 1 aromatic rings. The Morgan fingerprint density at radius 3 is 2.89 bits per heavy atom. The van der Waals surface area contributed by atoms with Crippen molar-refractivity contribution in [2.24, 2.45) is 0 Å². The molecule has 1 heterocycles. The van der Waals surface area contributed by atoms with Gasteiger partial charge in [0, 0.05) is 6.54 Å². The lowest BCUT2D eigenvalue weighted by atomic mass is 9.99. The normalized spacial score (nSPS) is 19.8. The van der Waals surface area contributed by atoms with Gasteiger partial charge in [0.25, 0.3) is 0 Å². The largest absolute Gasteiger partial charge is 0.478 e. The first kappa shape index (κ1) is 12.7. The lowest BCUT2D eigenvalue weighted by Gasteiger charge is -2.37. The molecule has 1 fully saturated rings. The van der Waals surface area contributed by atoms with Gasteiger partial charge in [0.1, 0.15) is 0 Å². The molecule has 1 saturated heterocycles. The number of benzene rings is 1. The van der Waals surface area contributed by atoms with Crippen LogP contribution in [0.3, 0.4) is 0 Å². The van der Waals surface area contributed by atoms with Crippen molar-refractivity contribution in [1.82, 2.24) is 0 Å². The van der Waals surface area contributed by atoms with Crippen LogP contribution < -0.4 is 10.6 Å². The van der Waals surface area contributed by atoms with E-state index in [1.165, 1.54) is 0 Å². The third kappa shape index (κ3) is 2.26. The highest BCUT2D eigenvalue weighted by molar-refractivity contribution is 5.98. The number of para-hydroxylation sites is 1. The number of nitrogen functional groups attached to an aromatic ring is 1. The molecule has 0 aromatic heterocycles. The van der Waals surface area contributed by atoms with E-state index in [0.717, 1.165) is 25.8 Å². The summed E-state index contributed by atoms with van der Waals surface area (Å²) in [5, 5.41) is 18.6. The highest BCUT2D eigenvalue weighted by atomic mass is 16.4. The van der Waals surface area contributed by atoms with E-state index in [-0.39, 0.29) is 18.2 Å². The molecule has 98 valence electrons. The average molecular weight is 250 g/mol. The second-order valence-electron chi connectivity index (χ2n) is 4.57. The van der Waals surface area contributed by atoms with Gasteiger partial charge in [-0.25, -0.2) is 4.79 Å². The fourth-order valence-corrected chi connectivity index (χ4v) is 2.54. The SMILES string of the molecule is Nc1cccc(C(=O)O)c1N1CCCCC1CO. The second-order valence-corrected chi connectivity index (χ2v) is 4.57. The number of nitrogens with two attached hydrogens (primary N) is 1. The van der Waals surface area contributed by atoms with E-state index in [0.29, 0.717) is 11.4 Å². The third-order valence-corrected chi connectivity index (χ3v) is 3.42. The summed E-state index contributed by atoms with van der Waals surface area (Å²) in [6.07, 6.45) is 2.91. The maximum Gasteiger partial charge on any atom is 0.337 e. The van der Waals surface area contributed by atoms with Crippen LogP contribution in [0.2, 0.25) is 0 Å². The fraction of sp³-hybridized carbons (Fsp3) is 0.462. The Morgan fingerprint density at radius 2 is 2.22 bits per heavy atom. The Balaban J connectivity index is 2.44. The van der Waals surface area contributed by atoms with Crippen molar-refractivity contribution in [3.8, 4) is 0 Å². The average Bonchev–Trinajstić information content (AvgIpc) is 2.38. The first-order chi connectivity index (χ1) is 8.65. The number of carbonyl (C=O) groups is 1. The molecule has 18 heavy (non-hydrogen) atoms. The number of nitrogens with zero attached hydrogens (tertiary/aromatic N) is 1. The molecule has 0 radical (unpaired) electrons. The Kier molecular flexibility index (Phi) is 3.72. The number of hydrogen-bond donors (Lipinski definition) is 3. The standard InChI is InChI=1S/C13H18N2O3/c14-11-6-3-5-10(13(17)18)12(11)15-7-2-1-4-9(15)8-16/h3,5-6,9,16H,1-2,4,7-8,14H2,(H,17,18). The molecular weight excluding hydrogens is 232 g/mol. The summed E-state index contributed by atoms with van der Waals surface area (Å²) in [4.78, 5) is 13.2. The lowest BCUT2D eigenvalue weighted by molar-refractivity contribution is 0.0697. The van der Waals surface area contributed by atoms with Crippen LogP contribution in [-0.4, -0.2) is 35.4 Å². The van der Waals surface area contributed by atoms with Crippen LogP contribution in [0.15, 0.2) is 18.2 Å². The van der Waals surface area contributed by atoms with Crippen molar-refractivity contribution < 1.29 is 15.0 Å². The zero-order valence-electron chi connectivity index (χ0n) is 10.2. The van der Waals surface area contributed by atoms with Gasteiger partial charge in [-0.3, -0.25) is 0 Å². The van der Waals surface area contributed by atoms with Gasteiger partial charge in [0.15, 0.2) is 0 Å². The fourth-order valence-electron chi connectivity index (χ4n) is 2.54. The quantitative estimate of drug-likeness (QED) is 0.704. The van der Waals surface area contributed by atoms with Gasteiger partial charge in [-0.2, -0.15) is 0 Å². The van der Waals surface area contributed by atoms with Crippen molar-refractivity contribution in [2.75, 3.05) is 23.8 Å². The molecular formula is C13H18N2O3. The Bertz CT molecular complexity index is 448. The van der Waals surface area contributed by atoms with E-state index in [1.807, 2.05) is 4.90 Å². The highest BCUT2D eigenvalue weighted by Gasteiger charge is 2.27. The molecule has 5 heteroatoms. The van der Waals surface area contributed by atoms with Gasteiger partial charge < -0.3 is 20.8 Å². The summed E-state index contributed by atoms with van der Waals surface area (Å²) in [5.74, 6) is -0.987. The van der Waals surface area contributed by atoms with Gasteiger partial charge in [0.05, 0.1) is 29.6 Å². The van der Waals surface area contributed by atoms with Crippen molar-refractivity contribution in [3.05, 3.63) is 23.8 Å². The zero-order valence-corrected chi connectivity index (χ0v) is 10.2. The monoisotopic (exact) mass is 250 g/mol. The second kappa shape index (κ2) is 5.27. The van der Waals surface area contributed by atoms with E-state index in [9.17, 15) is 15.0 Å². The Morgan fingerprint density at radius 1 is 1.44 bits per heavy atom. The maximum absolute atomic E-state index is 11.3. The summed E-state index contributed by atoms with van der Waals surface area (Å²) < 4.78 is 0. The molecule has 0 spiro atoms. The van der Waals surface area contributed by atoms with Crippen LogP contribution in [0.25, 0.3) is 0 Å². The highest BCUT2D eigenvalue weighted by Crippen LogP contribution is 2.33. The number of aromatic carboxylic acids is 1. The third-order valence-electron chi connectivity index (χ3n) is 3.42. The molecule has 0 amide bonds. The first-order valence-electron chi connectivity index (χ1n) is 6.14. The molecule has 4 N–H and O–H groups in total. The number of aliphatic hydroxyl groups excluding tert-OH is 1. The number of aliphatic hydroxyl groups is 1. The van der Waals surface area contributed by atoms with Crippen LogP contribution in [-0.2, 0) is 0 Å². The number of carboxylic acids is 1. The molecule has 0 aliphatic carbocycles. The van der Waals surface area contributed by atoms with Gasteiger partial charge in [0.2, 0.25) is 0 Å². The van der Waals surface area contributed by atoms with E-state index in [2.05, 4.69) is 0 Å². The summed E-state index contributed by atoms with van der Waals surface area (Å²) in [5.41, 5.74) is 7.12. The summed E-state index contributed by atoms with van der Waals surface area (Å²) >= 11 is 0. The van der Waals surface area contributed by atoms with Crippen molar-refractivity contribution >= 4 is 17.3 Å². The zero-order chi connectivity index (χ0) is 13.1. The maximum atomic E-state index is 11.3. The number of carboxylic acid groups (broad SMARTS) is 1. The molecule has 1 aromatic carbocycles. The van der Waals surface area contributed by atoms with Crippen LogP contribution in [0.4, 0.5) is 11.4 Å².